The van der Waals surface area contributed by atoms with E-state index in [-0.39, 0.29) is 27.3 Å². The standard InChI is InChI=1S/2C20H40O2.Pb/c2*1-2-3-4-5-6-7-8-9-10-11-12-13-14-15-16-17-18-19-20(21)22;/h2*2-19H2,1H3,(H,21,22);. The molecule has 0 bridgehead atoms. The Morgan fingerprint density at radius 3 is 0.556 bits per heavy atom. The van der Waals surface area contributed by atoms with Crippen molar-refractivity contribution in [2.24, 2.45) is 0 Å². The van der Waals surface area contributed by atoms with Gasteiger partial charge in [0.2, 0.25) is 0 Å². The number of carboxylic acids is 2. The molecule has 4 radical (unpaired) electrons. The molecule has 0 aromatic rings. The van der Waals surface area contributed by atoms with Crippen molar-refractivity contribution in [3.05, 3.63) is 0 Å². The van der Waals surface area contributed by atoms with Gasteiger partial charge in [-0.2, -0.15) is 0 Å². The second-order valence-electron chi connectivity index (χ2n) is 13.6. The minimum Gasteiger partial charge on any atom is -0.481 e. The van der Waals surface area contributed by atoms with E-state index in [2.05, 4.69) is 13.8 Å². The van der Waals surface area contributed by atoms with Crippen LogP contribution < -0.4 is 0 Å². The van der Waals surface area contributed by atoms with E-state index < -0.39 is 11.9 Å². The van der Waals surface area contributed by atoms with Gasteiger partial charge in [0.1, 0.15) is 0 Å². The predicted molar refractivity (Wildman–Crippen MR) is 199 cm³/mol. The SMILES string of the molecule is CCCCCCCCCCCCCCCCCCCC(=O)O.CCCCCCCCCCCCCCCCCCCC(=O)O.[Pb]. The molecule has 268 valence electrons. The number of unbranched alkanes of at least 4 members (excludes halogenated alkanes) is 32. The van der Waals surface area contributed by atoms with Crippen LogP contribution in [0.3, 0.4) is 0 Å². The van der Waals surface area contributed by atoms with E-state index in [1.807, 2.05) is 0 Å². The average molecular weight is 832 g/mol. The van der Waals surface area contributed by atoms with E-state index in [1.54, 1.807) is 0 Å². The van der Waals surface area contributed by atoms with E-state index >= 15 is 0 Å². The minimum atomic E-state index is -0.652. The van der Waals surface area contributed by atoms with Gasteiger partial charge in [-0.15, -0.1) is 0 Å². The first kappa shape index (κ1) is 49.3. The van der Waals surface area contributed by atoms with Crippen molar-refractivity contribution in [3.8, 4) is 0 Å². The first-order chi connectivity index (χ1) is 21.5. The fourth-order valence-electron chi connectivity index (χ4n) is 6.00. The summed E-state index contributed by atoms with van der Waals surface area (Å²) in [4.78, 5) is 20.7. The molecule has 0 aliphatic heterocycles. The van der Waals surface area contributed by atoms with Crippen LogP contribution in [0.25, 0.3) is 0 Å². The largest absolute Gasteiger partial charge is 0.481 e. The molecule has 0 atom stereocenters. The van der Waals surface area contributed by atoms with E-state index in [0.29, 0.717) is 12.8 Å². The minimum absolute atomic E-state index is 0. The van der Waals surface area contributed by atoms with Crippen LogP contribution in [-0.4, -0.2) is 49.5 Å². The molecule has 4 nitrogen and oxygen atoms in total. The zero-order chi connectivity index (χ0) is 32.6. The zero-order valence-electron chi connectivity index (χ0n) is 30.7. The molecule has 5 heteroatoms. The van der Waals surface area contributed by atoms with E-state index in [0.717, 1.165) is 25.7 Å². The zero-order valence-corrected chi connectivity index (χ0v) is 34.6. The van der Waals surface area contributed by atoms with Gasteiger partial charge in [0.05, 0.1) is 0 Å². The molecule has 0 aromatic heterocycles. The third-order valence-corrected chi connectivity index (χ3v) is 8.99. The van der Waals surface area contributed by atoms with Crippen molar-refractivity contribution >= 4 is 39.2 Å². The van der Waals surface area contributed by atoms with E-state index in [1.165, 1.54) is 193 Å². The van der Waals surface area contributed by atoms with Crippen LogP contribution in [0.15, 0.2) is 0 Å². The van der Waals surface area contributed by atoms with Crippen molar-refractivity contribution in [3.63, 3.8) is 0 Å². The van der Waals surface area contributed by atoms with Crippen molar-refractivity contribution in [1.29, 1.82) is 0 Å². The van der Waals surface area contributed by atoms with E-state index in [9.17, 15) is 9.59 Å². The molecule has 0 saturated carbocycles. The number of aliphatic carboxylic acids is 2. The van der Waals surface area contributed by atoms with Gasteiger partial charge in [-0.1, -0.05) is 219 Å². The molecule has 0 fully saturated rings. The second-order valence-corrected chi connectivity index (χ2v) is 13.6. The molecule has 0 spiro atoms. The maximum absolute atomic E-state index is 10.4. The molecule has 2 N–H and O–H groups in total. The second kappa shape index (κ2) is 46.0. The Labute approximate surface area is 302 Å². The predicted octanol–water partition coefficient (Wildman–Crippen LogP) is 13.8. The van der Waals surface area contributed by atoms with Crippen LogP contribution in [0.1, 0.15) is 245 Å². The van der Waals surface area contributed by atoms with Gasteiger partial charge < -0.3 is 10.2 Å². The number of rotatable bonds is 36. The fourth-order valence-corrected chi connectivity index (χ4v) is 6.00. The van der Waals surface area contributed by atoms with Crippen LogP contribution in [0.5, 0.6) is 0 Å². The molecule has 45 heavy (non-hydrogen) atoms. The van der Waals surface area contributed by atoms with Gasteiger partial charge in [0.25, 0.3) is 0 Å². The summed E-state index contributed by atoms with van der Waals surface area (Å²) >= 11 is 0. The first-order valence-corrected chi connectivity index (χ1v) is 20.0. The summed E-state index contributed by atoms with van der Waals surface area (Å²) in [5, 5.41) is 17.1. The Kier molecular flexibility index (Phi) is 50.3. The summed E-state index contributed by atoms with van der Waals surface area (Å²) in [5.41, 5.74) is 0. The van der Waals surface area contributed by atoms with Crippen LogP contribution in [-0.2, 0) is 9.59 Å². The van der Waals surface area contributed by atoms with Gasteiger partial charge >= 0.3 is 11.9 Å². The Morgan fingerprint density at radius 2 is 0.422 bits per heavy atom. The molecular weight excluding hydrogens is 752 g/mol. The van der Waals surface area contributed by atoms with Gasteiger partial charge in [0, 0.05) is 40.1 Å². The van der Waals surface area contributed by atoms with Gasteiger partial charge in [-0.3, -0.25) is 9.59 Å². The summed E-state index contributed by atoms with van der Waals surface area (Å²) in [7, 11) is 0. The topological polar surface area (TPSA) is 74.6 Å². The van der Waals surface area contributed by atoms with Gasteiger partial charge in [-0.05, 0) is 12.8 Å². The molecule has 0 heterocycles. The molecule has 0 rings (SSSR count). The van der Waals surface area contributed by atoms with Crippen molar-refractivity contribution in [2.75, 3.05) is 0 Å². The van der Waals surface area contributed by atoms with E-state index in [4.69, 9.17) is 10.2 Å². The number of hydrogen-bond acceptors (Lipinski definition) is 2. The van der Waals surface area contributed by atoms with Crippen molar-refractivity contribution in [2.45, 2.75) is 245 Å². The molecule has 0 aromatic carbocycles. The van der Waals surface area contributed by atoms with Crippen molar-refractivity contribution in [1.82, 2.24) is 0 Å². The van der Waals surface area contributed by atoms with Crippen LogP contribution in [0, 0.1) is 0 Å². The Bertz CT molecular complexity index is 506. The van der Waals surface area contributed by atoms with Crippen molar-refractivity contribution < 1.29 is 19.8 Å². The smallest absolute Gasteiger partial charge is 0.303 e. The maximum atomic E-state index is 10.4. The third kappa shape index (κ3) is 53.6. The molecule has 0 unspecified atom stereocenters. The quantitative estimate of drug-likeness (QED) is 0.0487. The number of carbonyl (C=O) groups is 2. The molecule has 0 aliphatic carbocycles. The van der Waals surface area contributed by atoms with Gasteiger partial charge in [-0.25, -0.2) is 0 Å². The summed E-state index contributed by atoms with van der Waals surface area (Å²) in [5.74, 6) is -1.30. The fraction of sp³-hybridized carbons (Fsp3) is 0.950. The molecular formula is C40H80O4Pb. The normalized spacial score (nSPS) is 10.7. The number of hydrogen-bond donors (Lipinski definition) is 2. The summed E-state index contributed by atoms with van der Waals surface area (Å²) in [6.07, 6.45) is 46.3. The van der Waals surface area contributed by atoms with Crippen LogP contribution in [0.2, 0.25) is 0 Å². The third-order valence-electron chi connectivity index (χ3n) is 8.99. The Morgan fingerprint density at radius 1 is 0.289 bits per heavy atom. The number of carboxylic acid groups (broad SMARTS) is 2. The molecule has 0 amide bonds. The Hall–Kier alpha value is -0.138. The average Bonchev–Trinajstić information content (AvgIpc) is 3.00. The van der Waals surface area contributed by atoms with Crippen LogP contribution >= 0.6 is 0 Å². The van der Waals surface area contributed by atoms with Gasteiger partial charge in [0.15, 0.2) is 0 Å². The summed E-state index contributed by atoms with van der Waals surface area (Å²) in [6, 6.07) is 0. The van der Waals surface area contributed by atoms with Crippen LogP contribution in [0.4, 0.5) is 0 Å². The maximum Gasteiger partial charge on any atom is 0.303 e. The first-order valence-electron chi connectivity index (χ1n) is 20.0. The summed E-state index contributed by atoms with van der Waals surface area (Å²) in [6.45, 7) is 4.55. The molecule has 0 saturated heterocycles. The Balaban J connectivity index is -0.000000767. The summed E-state index contributed by atoms with van der Waals surface area (Å²) < 4.78 is 0. The monoisotopic (exact) mass is 833 g/mol. The molecule has 0 aliphatic rings.